The minimum absolute atomic E-state index is 0.252. The Labute approximate surface area is 150 Å². The number of primary amides is 1. The molecule has 1 heterocycles. The van der Waals surface area contributed by atoms with E-state index in [1.807, 2.05) is 19.1 Å². The van der Waals surface area contributed by atoms with Crippen molar-refractivity contribution in [2.24, 2.45) is 5.73 Å². The van der Waals surface area contributed by atoms with E-state index in [0.717, 1.165) is 42.5 Å². The van der Waals surface area contributed by atoms with Gasteiger partial charge in [-0.1, -0.05) is 31.9 Å². The number of benzene rings is 1. The molecule has 4 heteroatoms. The summed E-state index contributed by atoms with van der Waals surface area (Å²) >= 11 is 0. The van der Waals surface area contributed by atoms with Crippen molar-refractivity contribution in [1.29, 1.82) is 5.26 Å². The van der Waals surface area contributed by atoms with E-state index in [1.165, 1.54) is 5.69 Å². The SMILES string of the molecule is CCCCCc1c(-c2ccc(C#N)cc2)c(C(N)=O)c(C)n1C(C)C. The monoisotopic (exact) mass is 337 g/mol. The standard InChI is InChI=1S/C21H27N3O/c1-5-6-7-8-18-20(17-11-9-16(13-22)10-12-17)19(21(23)25)15(4)24(18)14(2)3/h9-12,14H,5-8H2,1-4H3,(H2,23,25). The van der Waals surface area contributed by atoms with E-state index in [2.05, 4.69) is 31.4 Å². The Morgan fingerprint density at radius 1 is 1.24 bits per heavy atom. The number of unbranched alkanes of at least 4 members (excludes halogenated alkanes) is 2. The number of carbonyl (C=O) groups is 1. The molecule has 2 aromatic rings. The van der Waals surface area contributed by atoms with Crippen LogP contribution in [0.5, 0.6) is 0 Å². The van der Waals surface area contributed by atoms with Crippen molar-refractivity contribution in [2.75, 3.05) is 0 Å². The number of amides is 1. The molecule has 0 radical (unpaired) electrons. The molecule has 0 saturated carbocycles. The normalized spacial score (nSPS) is 10.9. The lowest BCUT2D eigenvalue weighted by molar-refractivity contribution is 0.1000. The van der Waals surface area contributed by atoms with E-state index < -0.39 is 5.91 Å². The lowest BCUT2D eigenvalue weighted by atomic mass is 9.96. The van der Waals surface area contributed by atoms with E-state index >= 15 is 0 Å². The largest absolute Gasteiger partial charge is 0.366 e. The molecule has 2 N–H and O–H groups in total. The lowest BCUT2D eigenvalue weighted by Gasteiger charge is -2.17. The van der Waals surface area contributed by atoms with E-state index in [1.54, 1.807) is 12.1 Å². The van der Waals surface area contributed by atoms with Crippen molar-refractivity contribution < 1.29 is 4.79 Å². The molecule has 0 atom stereocenters. The van der Waals surface area contributed by atoms with Crippen LogP contribution in [-0.2, 0) is 6.42 Å². The van der Waals surface area contributed by atoms with Crippen LogP contribution in [0, 0.1) is 18.3 Å². The molecule has 0 spiro atoms. The van der Waals surface area contributed by atoms with Crippen LogP contribution in [0.25, 0.3) is 11.1 Å². The molecule has 1 aromatic heterocycles. The van der Waals surface area contributed by atoms with Gasteiger partial charge in [-0.3, -0.25) is 4.79 Å². The van der Waals surface area contributed by atoms with Gasteiger partial charge in [-0.2, -0.15) is 5.26 Å². The molecule has 4 nitrogen and oxygen atoms in total. The molecule has 25 heavy (non-hydrogen) atoms. The molecule has 1 aromatic carbocycles. The molecule has 0 bridgehead atoms. The molecule has 132 valence electrons. The van der Waals surface area contributed by atoms with Crippen molar-refractivity contribution in [1.82, 2.24) is 4.57 Å². The van der Waals surface area contributed by atoms with Crippen molar-refractivity contribution in [3.8, 4) is 17.2 Å². The first-order chi connectivity index (χ1) is 11.9. The second-order valence-corrected chi connectivity index (χ2v) is 6.76. The zero-order valence-electron chi connectivity index (χ0n) is 15.6. The molecule has 0 fully saturated rings. The first-order valence-corrected chi connectivity index (χ1v) is 8.96. The highest BCUT2D eigenvalue weighted by atomic mass is 16.1. The molecule has 0 aliphatic heterocycles. The quantitative estimate of drug-likeness (QED) is 0.741. The number of carbonyl (C=O) groups excluding carboxylic acids is 1. The van der Waals surface area contributed by atoms with Crippen LogP contribution in [0.15, 0.2) is 24.3 Å². The van der Waals surface area contributed by atoms with Crippen molar-refractivity contribution >= 4 is 5.91 Å². The van der Waals surface area contributed by atoms with Gasteiger partial charge in [-0.15, -0.1) is 0 Å². The third-order valence-corrected chi connectivity index (χ3v) is 4.64. The minimum atomic E-state index is -0.395. The van der Waals surface area contributed by atoms with Gasteiger partial charge in [0.15, 0.2) is 0 Å². The van der Waals surface area contributed by atoms with Crippen LogP contribution < -0.4 is 5.73 Å². The second-order valence-electron chi connectivity index (χ2n) is 6.76. The molecule has 2 rings (SSSR count). The highest BCUT2D eigenvalue weighted by Crippen LogP contribution is 2.36. The maximum atomic E-state index is 12.2. The van der Waals surface area contributed by atoms with E-state index in [-0.39, 0.29) is 6.04 Å². The first-order valence-electron chi connectivity index (χ1n) is 8.96. The maximum Gasteiger partial charge on any atom is 0.251 e. The highest BCUT2D eigenvalue weighted by molar-refractivity contribution is 6.02. The van der Waals surface area contributed by atoms with Gasteiger partial charge in [-0.05, 0) is 51.3 Å². The summed E-state index contributed by atoms with van der Waals surface area (Å²) in [5.41, 5.74) is 10.9. The van der Waals surface area contributed by atoms with Crippen molar-refractivity contribution in [3.05, 3.63) is 46.8 Å². The first kappa shape index (κ1) is 18.8. The number of aromatic nitrogens is 1. The zero-order chi connectivity index (χ0) is 18.6. The summed E-state index contributed by atoms with van der Waals surface area (Å²) in [7, 11) is 0. The molecule has 0 saturated heterocycles. The molecule has 1 amide bonds. The Kier molecular flexibility index (Phi) is 6.03. The van der Waals surface area contributed by atoms with Gasteiger partial charge in [0.05, 0.1) is 17.2 Å². The number of hydrogen-bond donors (Lipinski definition) is 1. The third kappa shape index (κ3) is 3.76. The van der Waals surface area contributed by atoms with Crippen LogP contribution in [-0.4, -0.2) is 10.5 Å². The van der Waals surface area contributed by atoms with Gasteiger partial charge in [-0.25, -0.2) is 0 Å². The predicted octanol–water partition coefficient (Wildman–Crippen LogP) is 4.75. The topological polar surface area (TPSA) is 71.8 Å². The van der Waals surface area contributed by atoms with E-state index in [9.17, 15) is 4.79 Å². The Bertz CT molecular complexity index is 792. The van der Waals surface area contributed by atoms with Gasteiger partial charge in [0, 0.05) is 23.0 Å². The molecular weight excluding hydrogens is 310 g/mol. The molecular formula is C21H27N3O. The summed E-state index contributed by atoms with van der Waals surface area (Å²) in [6.45, 7) is 8.41. The molecule has 0 aliphatic carbocycles. The Hall–Kier alpha value is -2.54. The summed E-state index contributed by atoms with van der Waals surface area (Å²) in [6, 6.07) is 9.79. The van der Waals surface area contributed by atoms with Crippen molar-refractivity contribution in [3.63, 3.8) is 0 Å². The minimum Gasteiger partial charge on any atom is -0.366 e. The van der Waals surface area contributed by atoms with E-state index in [4.69, 9.17) is 11.0 Å². The Morgan fingerprint density at radius 3 is 2.36 bits per heavy atom. The smallest absolute Gasteiger partial charge is 0.251 e. The summed E-state index contributed by atoms with van der Waals surface area (Å²) in [5.74, 6) is -0.395. The van der Waals surface area contributed by atoms with Gasteiger partial charge in [0.2, 0.25) is 0 Å². The number of nitrogens with two attached hydrogens (primary N) is 1. The zero-order valence-corrected chi connectivity index (χ0v) is 15.6. The van der Waals surface area contributed by atoms with Crippen LogP contribution in [0.2, 0.25) is 0 Å². The van der Waals surface area contributed by atoms with Crippen molar-refractivity contribution in [2.45, 2.75) is 59.4 Å². The molecule has 0 unspecified atom stereocenters. The number of rotatable bonds is 7. The highest BCUT2D eigenvalue weighted by Gasteiger charge is 2.25. The fourth-order valence-electron chi connectivity index (χ4n) is 3.58. The average molecular weight is 337 g/mol. The van der Waals surface area contributed by atoms with Gasteiger partial charge in [0.25, 0.3) is 5.91 Å². The third-order valence-electron chi connectivity index (χ3n) is 4.64. The number of nitrogens with zero attached hydrogens (tertiary/aromatic N) is 2. The number of nitriles is 1. The van der Waals surface area contributed by atoms with Gasteiger partial charge < -0.3 is 10.3 Å². The van der Waals surface area contributed by atoms with Gasteiger partial charge in [0.1, 0.15) is 0 Å². The lowest BCUT2D eigenvalue weighted by Crippen LogP contribution is -2.14. The number of hydrogen-bond acceptors (Lipinski definition) is 2. The summed E-state index contributed by atoms with van der Waals surface area (Å²) < 4.78 is 2.24. The fraction of sp³-hybridized carbons (Fsp3) is 0.429. The summed E-state index contributed by atoms with van der Waals surface area (Å²) in [4.78, 5) is 12.2. The van der Waals surface area contributed by atoms with Crippen LogP contribution in [0.3, 0.4) is 0 Å². The summed E-state index contributed by atoms with van der Waals surface area (Å²) in [5, 5.41) is 9.03. The van der Waals surface area contributed by atoms with Crippen LogP contribution >= 0.6 is 0 Å². The fourth-order valence-corrected chi connectivity index (χ4v) is 3.58. The van der Waals surface area contributed by atoms with Gasteiger partial charge >= 0.3 is 0 Å². The van der Waals surface area contributed by atoms with Crippen LogP contribution in [0.1, 0.15) is 73.4 Å². The van der Waals surface area contributed by atoms with Crippen LogP contribution in [0.4, 0.5) is 0 Å². The molecule has 0 aliphatic rings. The Balaban J connectivity index is 2.70. The second kappa shape index (κ2) is 8.02. The van der Waals surface area contributed by atoms with E-state index in [0.29, 0.717) is 11.1 Å². The maximum absolute atomic E-state index is 12.2. The Morgan fingerprint density at radius 2 is 1.88 bits per heavy atom. The predicted molar refractivity (Wildman–Crippen MR) is 101 cm³/mol. The average Bonchev–Trinajstić information content (AvgIpc) is 2.87. The summed E-state index contributed by atoms with van der Waals surface area (Å²) in [6.07, 6.45) is 4.29.